The quantitative estimate of drug-likeness (QED) is 0.825. The summed E-state index contributed by atoms with van der Waals surface area (Å²) in [5.74, 6) is 0.0709. The molecular weight excluding hydrogens is 288 g/mol. The van der Waals surface area contributed by atoms with E-state index < -0.39 is 0 Å². The van der Waals surface area contributed by atoms with E-state index in [1.165, 1.54) is 0 Å². The Balaban J connectivity index is 1.89. The molecule has 7 heteroatoms. The summed E-state index contributed by atoms with van der Waals surface area (Å²) in [6, 6.07) is 0. The fourth-order valence-corrected chi connectivity index (χ4v) is 3.09. The Hall–Kier alpha value is -1.50. The molecule has 1 aromatic heterocycles. The highest BCUT2D eigenvalue weighted by atomic mass is 32.2. The molecule has 6 nitrogen and oxygen atoms in total. The van der Waals surface area contributed by atoms with Gasteiger partial charge in [0.1, 0.15) is 0 Å². The largest absolute Gasteiger partial charge is 0.350 e. The maximum absolute atomic E-state index is 12.2. The number of carbonyl (C=O) groups excluding carboxylic acids is 2. The van der Waals surface area contributed by atoms with Crippen LogP contribution in [0.15, 0.2) is 11.4 Å². The highest BCUT2D eigenvalue weighted by molar-refractivity contribution is 7.98. The minimum absolute atomic E-state index is 0.0212. The third-order valence-corrected chi connectivity index (χ3v) is 4.67. The van der Waals surface area contributed by atoms with Crippen molar-refractivity contribution in [3.63, 3.8) is 0 Å². The van der Waals surface area contributed by atoms with Gasteiger partial charge in [-0.2, -0.15) is 0 Å². The smallest absolute Gasteiger partial charge is 0.225 e. The van der Waals surface area contributed by atoms with E-state index in [2.05, 4.69) is 10.3 Å². The molecule has 0 spiro atoms. The first-order valence-corrected chi connectivity index (χ1v) is 8.39. The number of likely N-dealkylation sites (tertiary alicyclic amines) is 1. The maximum atomic E-state index is 12.2. The average Bonchev–Trinajstić information content (AvgIpc) is 2.85. The summed E-state index contributed by atoms with van der Waals surface area (Å²) in [6.45, 7) is 3.61. The second-order valence-electron chi connectivity index (χ2n) is 5.18. The summed E-state index contributed by atoms with van der Waals surface area (Å²) in [5.41, 5.74) is 0.979. The molecule has 0 saturated carbocycles. The monoisotopic (exact) mass is 310 g/mol. The van der Waals surface area contributed by atoms with Crippen molar-refractivity contribution in [2.24, 2.45) is 13.0 Å². The van der Waals surface area contributed by atoms with Crippen molar-refractivity contribution in [1.29, 1.82) is 0 Å². The lowest BCUT2D eigenvalue weighted by atomic mass is 9.96. The first-order valence-electron chi connectivity index (χ1n) is 7.16. The van der Waals surface area contributed by atoms with Gasteiger partial charge in [0.05, 0.1) is 24.4 Å². The average molecular weight is 310 g/mol. The Morgan fingerprint density at radius 3 is 2.95 bits per heavy atom. The third kappa shape index (κ3) is 3.58. The predicted molar refractivity (Wildman–Crippen MR) is 81.8 cm³/mol. The van der Waals surface area contributed by atoms with Gasteiger partial charge in [0.2, 0.25) is 11.8 Å². The van der Waals surface area contributed by atoms with E-state index in [1.54, 1.807) is 22.9 Å². The highest BCUT2D eigenvalue weighted by Crippen LogP contribution is 2.18. The Morgan fingerprint density at radius 2 is 2.33 bits per heavy atom. The number of thioether (sulfide) groups is 1. The molecule has 1 atom stereocenters. The zero-order valence-electron chi connectivity index (χ0n) is 12.8. The minimum atomic E-state index is -0.101. The van der Waals surface area contributed by atoms with E-state index in [9.17, 15) is 9.59 Å². The number of imidazole rings is 1. The molecule has 1 aliphatic heterocycles. The van der Waals surface area contributed by atoms with E-state index in [1.807, 2.05) is 24.8 Å². The van der Waals surface area contributed by atoms with Crippen molar-refractivity contribution in [2.75, 3.05) is 19.3 Å². The van der Waals surface area contributed by atoms with Crippen LogP contribution in [-0.2, 0) is 23.2 Å². The fourth-order valence-electron chi connectivity index (χ4n) is 2.54. The van der Waals surface area contributed by atoms with Gasteiger partial charge < -0.3 is 14.8 Å². The number of nitrogens with one attached hydrogen (secondary N) is 1. The van der Waals surface area contributed by atoms with Gasteiger partial charge in [-0.15, -0.1) is 0 Å². The van der Waals surface area contributed by atoms with Gasteiger partial charge >= 0.3 is 0 Å². The number of nitrogens with zero attached hydrogens (tertiary/aromatic N) is 3. The second-order valence-corrected chi connectivity index (χ2v) is 5.95. The normalized spacial score (nSPS) is 18.9. The van der Waals surface area contributed by atoms with Crippen LogP contribution in [0, 0.1) is 5.92 Å². The van der Waals surface area contributed by atoms with Crippen molar-refractivity contribution in [3.05, 3.63) is 11.9 Å². The van der Waals surface area contributed by atoms with E-state index >= 15 is 0 Å². The van der Waals surface area contributed by atoms with Crippen molar-refractivity contribution < 1.29 is 9.59 Å². The Bertz CT molecular complexity index is 529. The van der Waals surface area contributed by atoms with Gasteiger partial charge in [-0.25, -0.2) is 4.98 Å². The number of hydrogen-bond donors (Lipinski definition) is 1. The molecule has 2 rings (SSSR count). The Labute approximate surface area is 129 Å². The molecule has 0 aliphatic carbocycles. The highest BCUT2D eigenvalue weighted by Gasteiger charge is 2.29. The maximum Gasteiger partial charge on any atom is 0.225 e. The lowest BCUT2D eigenvalue weighted by molar-refractivity contribution is -0.138. The van der Waals surface area contributed by atoms with Crippen molar-refractivity contribution in [2.45, 2.75) is 31.5 Å². The number of rotatable bonds is 5. The minimum Gasteiger partial charge on any atom is -0.350 e. The summed E-state index contributed by atoms with van der Waals surface area (Å²) in [6.07, 6.45) is 4.87. The lowest BCUT2D eigenvalue weighted by Gasteiger charge is -2.31. The van der Waals surface area contributed by atoms with Crippen molar-refractivity contribution >= 4 is 23.6 Å². The molecule has 0 aromatic carbocycles. The summed E-state index contributed by atoms with van der Waals surface area (Å²) in [7, 11) is 1.94. The van der Waals surface area contributed by atoms with Crippen molar-refractivity contribution in [3.8, 4) is 0 Å². The molecule has 1 aromatic rings. The van der Waals surface area contributed by atoms with Gasteiger partial charge in [0, 0.05) is 26.6 Å². The fraction of sp³-hybridized carbons (Fsp3) is 0.643. The molecule has 21 heavy (non-hydrogen) atoms. The van der Waals surface area contributed by atoms with Gasteiger partial charge in [-0.3, -0.25) is 9.59 Å². The summed E-state index contributed by atoms with van der Waals surface area (Å²) >= 11 is 1.58. The molecule has 2 amide bonds. The molecule has 1 N–H and O–H groups in total. The first kappa shape index (κ1) is 15.9. The molecule has 1 fully saturated rings. The molecule has 0 bridgehead atoms. The van der Waals surface area contributed by atoms with Crippen LogP contribution in [-0.4, -0.2) is 45.6 Å². The number of hydrogen-bond acceptors (Lipinski definition) is 4. The van der Waals surface area contributed by atoms with Gasteiger partial charge in [0.15, 0.2) is 5.16 Å². The van der Waals surface area contributed by atoms with Gasteiger partial charge in [-0.05, 0) is 19.6 Å². The summed E-state index contributed by atoms with van der Waals surface area (Å²) in [4.78, 5) is 29.9. The molecule has 1 unspecified atom stereocenters. The van der Waals surface area contributed by atoms with Crippen LogP contribution in [0.3, 0.4) is 0 Å². The Morgan fingerprint density at radius 1 is 1.57 bits per heavy atom. The molecule has 0 radical (unpaired) electrons. The van der Waals surface area contributed by atoms with Gasteiger partial charge in [0.25, 0.3) is 0 Å². The second kappa shape index (κ2) is 6.98. The van der Waals surface area contributed by atoms with Crippen LogP contribution >= 0.6 is 11.8 Å². The van der Waals surface area contributed by atoms with E-state index in [-0.39, 0.29) is 17.7 Å². The zero-order valence-corrected chi connectivity index (χ0v) is 13.6. The topological polar surface area (TPSA) is 67.2 Å². The molecule has 116 valence electrons. The van der Waals surface area contributed by atoms with E-state index in [4.69, 9.17) is 0 Å². The van der Waals surface area contributed by atoms with Crippen LogP contribution < -0.4 is 5.32 Å². The Kier molecular flexibility index (Phi) is 5.27. The molecule has 1 aliphatic rings. The lowest BCUT2D eigenvalue weighted by Crippen LogP contribution is -2.45. The molecule has 2 heterocycles. The van der Waals surface area contributed by atoms with E-state index in [0.717, 1.165) is 10.9 Å². The number of amides is 2. The SMILES string of the molecule is CCN1CC(C(=O)NCc2cnc(SC)n2C)CCC1=O. The predicted octanol–water partition coefficient (Wildman–Crippen LogP) is 1.02. The van der Waals surface area contributed by atoms with Crippen LogP contribution in [0.4, 0.5) is 0 Å². The summed E-state index contributed by atoms with van der Waals surface area (Å²) < 4.78 is 1.98. The van der Waals surface area contributed by atoms with Crippen molar-refractivity contribution in [1.82, 2.24) is 19.8 Å². The number of piperidine rings is 1. The van der Waals surface area contributed by atoms with Crippen LogP contribution in [0.2, 0.25) is 0 Å². The molecule has 1 saturated heterocycles. The van der Waals surface area contributed by atoms with Crippen LogP contribution in [0.5, 0.6) is 0 Å². The van der Waals surface area contributed by atoms with Gasteiger partial charge in [-0.1, -0.05) is 11.8 Å². The van der Waals surface area contributed by atoms with Crippen LogP contribution in [0.25, 0.3) is 0 Å². The number of carbonyl (C=O) groups is 2. The standard InChI is InChI=1S/C14H22N4O2S/c1-4-18-9-10(5-6-12(18)19)13(20)15-7-11-8-16-14(21-3)17(11)2/h8,10H,4-7,9H2,1-3H3,(H,15,20). The number of aromatic nitrogens is 2. The zero-order chi connectivity index (χ0) is 15.4. The molecular formula is C14H22N4O2S. The van der Waals surface area contributed by atoms with E-state index in [0.29, 0.717) is 32.5 Å². The summed E-state index contributed by atoms with van der Waals surface area (Å²) in [5, 5.41) is 3.89. The van der Waals surface area contributed by atoms with Crippen LogP contribution in [0.1, 0.15) is 25.5 Å². The third-order valence-electron chi connectivity index (χ3n) is 3.92. The first-order chi connectivity index (χ1) is 10.1.